The Morgan fingerprint density at radius 2 is 2.31 bits per heavy atom. The van der Waals surface area contributed by atoms with Gasteiger partial charge in [-0.15, -0.1) is 0 Å². The van der Waals surface area contributed by atoms with Gasteiger partial charge >= 0.3 is 0 Å². The van der Waals surface area contributed by atoms with E-state index in [1.165, 1.54) is 0 Å². The molecule has 1 heterocycles. The second-order valence-corrected chi connectivity index (χ2v) is 2.77. The Hall–Kier alpha value is -1.19. The molecule has 0 saturated heterocycles. The fraction of sp³-hybridized carbons (Fsp3) is 0.167. The summed E-state index contributed by atoms with van der Waals surface area (Å²) in [7, 11) is 0. The summed E-state index contributed by atoms with van der Waals surface area (Å²) in [6.45, 7) is 0. The molecule has 0 unspecified atom stereocenters. The van der Waals surface area contributed by atoms with Crippen molar-refractivity contribution < 1.29 is 4.18 Å². The standard InChI is InChI=1S/C6H5ClN4OS/c1-13-12-6-4(7)10-3(2-8)5(9)11-6/h1H3,(H2,9,11). The van der Waals surface area contributed by atoms with E-state index in [4.69, 9.17) is 26.8 Å². The van der Waals surface area contributed by atoms with E-state index < -0.39 is 0 Å². The van der Waals surface area contributed by atoms with E-state index in [0.717, 1.165) is 12.0 Å². The van der Waals surface area contributed by atoms with Crippen LogP contribution in [0.15, 0.2) is 0 Å². The first-order chi connectivity index (χ1) is 6.19. The zero-order valence-electron chi connectivity index (χ0n) is 6.61. The van der Waals surface area contributed by atoms with Crippen molar-refractivity contribution in [3.05, 3.63) is 10.8 Å². The lowest BCUT2D eigenvalue weighted by molar-refractivity contribution is 0.616. The molecule has 1 aromatic rings. The predicted molar refractivity (Wildman–Crippen MR) is 50.3 cm³/mol. The second-order valence-electron chi connectivity index (χ2n) is 1.92. The monoisotopic (exact) mass is 216 g/mol. The van der Waals surface area contributed by atoms with E-state index in [9.17, 15) is 0 Å². The first-order valence-electron chi connectivity index (χ1n) is 3.12. The predicted octanol–water partition coefficient (Wildman–Crippen LogP) is 1.24. The van der Waals surface area contributed by atoms with E-state index in [0.29, 0.717) is 0 Å². The molecule has 5 nitrogen and oxygen atoms in total. The minimum Gasteiger partial charge on any atom is -0.403 e. The van der Waals surface area contributed by atoms with Crippen molar-refractivity contribution in [2.75, 3.05) is 12.0 Å². The summed E-state index contributed by atoms with van der Waals surface area (Å²) >= 11 is 6.71. The van der Waals surface area contributed by atoms with Crippen LogP contribution in [0.5, 0.6) is 5.88 Å². The highest BCUT2D eigenvalue weighted by Gasteiger charge is 2.10. The third kappa shape index (κ3) is 2.14. The van der Waals surface area contributed by atoms with Crippen LogP contribution in [0.1, 0.15) is 5.69 Å². The van der Waals surface area contributed by atoms with Crippen LogP contribution in [0.2, 0.25) is 5.15 Å². The Kier molecular flexibility index (Phi) is 3.17. The molecule has 7 heteroatoms. The lowest BCUT2D eigenvalue weighted by Crippen LogP contribution is -2.00. The van der Waals surface area contributed by atoms with Crippen molar-refractivity contribution >= 4 is 29.5 Å². The maximum atomic E-state index is 8.53. The molecule has 68 valence electrons. The molecule has 0 aliphatic rings. The number of aromatic nitrogens is 2. The quantitative estimate of drug-likeness (QED) is 0.749. The maximum Gasteiger partial charge on any atom is 0.267 e. The third-order valence-electron chi connectivity index (χ3n) is 1.12. The molecule has 0 fully saturated rings. The van der Waals surface area contributed by atoms with Gasteiger partial charge in [-0.2, -0.15) is 10.2 Å². The van der Waals surface area contributed by atoms with E-state index in [2.05, 4.69) is 9.97 Å². The average molecular weight is 217 g/mol. The van der Waals surface area contributed by atoms with Crippen LogP contribution in [0, 0.1) is 11.3 Å². The number of rotatable bonds is 2. The highest BCUT2D eigenvalue weighted by atomic mass is 35.5. The summed E-state index contributed by atoms with van der Waals surface area (Å²) < 4.78 is 4.94. The summed E-state index contributed by atoms with van der Waals surface area (Å²) in [5, 5.41) is 8.55. The van der Waals surface area contributed by atoms with Gasteiger partial charge in [0, 0.05) is 6.26 Å². The van der Waals surface area contributed by atoms with Crippen LogP contribution >= 0.6 is 23.6 Å². The van der Waals surface area contributed by atoms with Crippen molar-refractivity contribution in [1.29, 1.82) is 5.26 Å². The number of nitrogens with two attached hydrogens (primary N) is 1. The van der Waals surface area contributed by atoms with Gasteiger partial charge in [0.15, 0.2) is 16.7 Å². The molecular formula is C6H5ClN4OS. The smallest absolute Gasteiger partial charge is 0.267 e. The van der Waals surface area contributed by atoms with Crippen LogP contribution < -0.4 is 9.92 Å². The van der Waals surface area contributed by atoms with E-state index in [-0.39, 0.29) is 22.5 Å². The van der Waals surface area contributed by atoms with Gasteiger partial charge in [0.05, 0.1) is 12.0 Å². The fourth-order valence-electron chi connectivity index (χ4n) is 0.626. The van der Waals surface area contributed by atoms with Crippen molar-refractivity contribution in [2.45, 2.75) is 0 Å². The Bertz CT molecular complexity index is 364. The Morgan fingerprint density at radius 3 is 2.85 bits per heavy atom. The first-order valence-corrected chi connectivity index (χ1v) is 4.65. The van der Waals surface area contributed by atoms with Crippen LogP contribution in [-0.2, 0) is 0 Å². The van der Waals surface area contributed by atoms with E-state index in [1.807, 2.05) is 0 Å². The summed E-state index contributed by atoms with van der Waals surface area (Å²) in [6.07, 6.45) is 1.70. The minimum atomic E-state index is -0.00143. The molecule has 2 N–H and O–H groups in total. The molecule has 0 spiro atoms. The number of halogens is 1. The van der Waals surface area contributed by atoms with Gasteiger partial charge in [-0.1, -0.05) is 11.6 Å². The molecule has 0 atom stereocenters. The SMILES string of the molecule is CSOc1nc(N)c(C#N)nc1Cl. The van der Waals surface area contributed by atoms with Crippen molar-refractivity contribution in [1.82, 2.24) is 9.97 Å². The molecule has 1 rings (SSSR count). The van der Waals surface area contributed by atoms with Gasteiger partial charge in [0.1, 0.15) is 6.07 Å². The van der Waals surface area contributed by atoms with Gasteiger partial charge in [0.25, 0.3) is 5.88 Å². The lowest BCUT2D eigenvalue weighted by Gasteiger charge is -2.02. The molecule has 0 amide bonds. The lowest BCUT2D eigenvalue weighted by atomic mass is 10.4. The van der Waals surface area contributed by atoms with E-state index >= 15 is 0 Å². The van der Waals surface area contributed by atoms with Gasteiger partial charge in [-0.25, -0.2) is 4.98 Å². The first kappa shape index (κ1) is 9.89. The van der Waals surface area contributed by atoms with Gasteiger partial charge in [0.2, 0.25) is 0 Å². The maximum absolute atomic E-state index is 8.53. The summed E-state index contributed by atoms with van der Waals surface area (Å²) in [5.74, 6) is 0.126. The minimum absolute atomic E-state index is 0.00143. The van der Waals surface area contributed by atoms with Crippen LogP contribution in [0.3, 0.4) is 0 Å². The third-order valence-corrected chi connectivity index (χ3v) is 1.69. The zero-order valence-corrected chi connectivity index (χ0v) is 8.19. The highest BCUT2D eigenvalue weighted by Crippen LogP contribution is 2.24. The molecule has 1 aromatic heterocycles. The van der Waals surface area contributed by atoms with Gasteiger partial charge < -0.3 is 9.92 Å². The fourth-order valence-corrected chi connectivity index (χ4v) is 1.11. The molecule has 0 aromatic carbocycles. The Labute approximate surface area is 84.1 Å². The summed E-state index contributed by atoms with van der Waals surface area (Å²) in [4.78, 5) is 7.44. The molecule has 0 aliphatic carbocycles. The average Bonchev–Trinajstić information content (AvgIpc) is 2.11. The topological polar surface area (TPSA) is 84.8 Å². The van der Waals surface area contributed by atoms with E-state index in [1.54, 1.807) is 12.3 Å². The summed E-state index contributed by atoms with van der Waals surface area (Å²) in [5.41, 5.74) is 5.39. The van der Waals surface area contributed by atoms with Crippen LogP contribution in [-0.4, -0.2) is 16.2 Å². The Balaban J connectivity index is 3.14. The molecule has 13 heavy (non-hydrogen) atoms. The largest absolute Gasteiger partial charge is 0.403 e. The van der Waals surface area contributed by atoms with Crippen LogP contribution in [0.4, 0.5) is 5.82 Å². The number of hydrogen-bond donors (Lipinski definition) is 1. The highest BCUT2D eigenvalue weighted by molar-refractivity contribution is 7.94. The molecular weight excluding hydrogens is 212 g/mol. The van der Waals surface area contributed by atoms with Crippen molar-refractivity contribution in [3.8, 4) is 11.9 Å². The van der Waals surface area contributed by atoms with Crippen molar-refractivity contribution in [2.24, 2.45) is 0 Å². The number of nitrogen functional groups attached to an aromatic ring is 1. The number of nitriles is 1. The molecule has 0 bridgehead atoms. The molecule has 0 radical (unpaired) electrons. The Morgan fingerprint density at radius 1 is 1.62 bits per heavy atom. The molecule has 0 aliphatic heterocycles. The molecule has 0 saturated carbocycles. The number of anilines is 1. The summed E-state index contributed by atoms with van der Waals surface area (Å²) in [6, 6.07) is 1.76. The second kappa shape index (κ2) is 4.16. The number of hydrogen-bond acceptors (Lipinski definition) is 6. The van der Waals surface area contributed by atoms with Crippen molar-refractivity contribution in [3.63, 3.8) is 0 Å². The normalized spacial score (nSPS) is 9.31. The van der Waals surface area contributed by atoms with Gasteiger partial charge in [-0.05, 0) is 0 Å². The van der Waals surface area contributed by atoms with Crippen LogP contribution in [0.25, 0.3) is 0 Å². The zero-order chi connectivity index (χ0) is 9.84. The number of nitrogens with zero attached hydrogens (tertiary/aromatic N) is 3. The van der Waals surface area contributed by atoms with Gasteiger partial charge in [-0.3, -0.25) is 0 Å².